The number of nitrogens with two attached hydrogens (primary N) is 1. The minimum Gasteiger partial charge on any atom is -0.326 e. The van der Waals surface area contributed by atoms with E-state index in [1.807, 2.05) is 43.3 Å². The van der Waals surface area contributed by atoms with E-state index in [0.29, 0.717) is 12.1 Å². The molecular weight excluding hydrogens is 292 g/mol. The molecule has 2 rings (SSSR count). The second kappa shape index (κ2) is 5.50. The second-order valence-corrected chi connectivity index (χ2v) is 4.92. The third kappa shape index (κ3) is 2.40. The SMILES string of the molecule is CCn1c(-c2ccc(Br)cc2)ccc(CN)c1=O. The lowest BCUT2D eigenvalue weighted by atomic mass is 10.1. The fourth-order valence-electron chi connectivity index (χ4n) is 1.97. The van der Waals surface area contributed by atoms with E-state index in [1.54, 1.807) is 4.57 Å². The minimum atomic E-state index is 0.000388. The number of halogens is 1. The lowest BCUT2D eigenvalue weighted by Gasteiger charge is -2.12. The number of pyridine rings is 1. The summed E-state index contributed by atoms with van der Waals surface area (Å²) in [6, 6.07) is 11.7. The average molecular weight is 307 g/mol. The third-order valence-electron chi connectivity index (χ3n) is 2.93. The van der Waals surface area contributed by atoms with E-state index in [4.69, 9.17) is 5.73 Å². The van der Waals surface area contributed by atoms with Crippen molar-refractivity contribution in [3.05, 3.63) is 56.8 Å². The number of aromatic nitrogens is 1. The number of rotatable bonds is 3. The van der Waals surface area contributed by atoms with Gasteiger partial charge in [-0.2, -0.15) is 0 Å². The summed E-state index contributed by atoms with van der Waals surface area (Å²) in [5, 5.41) is 0. The van der Waals surface area contributed by atoms with Gasteiger partial charge >= 0.3 is 0 Å². The van der Waals surface area contributed by atoms with Gasteiger partial charge in [-0.3, -0.25) is 4.79 Å². The van der Waals surface area contributed by atoms with Crippen LogP contribution in [0.5, 0.6) is 0 Å². The van der Waals surface area contributed by atoms with E-state index in [-0.39, 0.29) is 12.1 Å². The first-order valence-electron chi connectivity index (χ1n) is 5.86. The van der Waals surface area contributed by atoms with Crippen molar-refractivity contribution in [1.29, 1.82) is 0 Å². The molecule has 94 valence electrons. The number of nitrogens with zero attached hydrogens (tertiary/aromatic N) is 1. The summed E-state index contributed by atoms with van der Waals surface area (Å²) >= 11 is 3.41. The molecule has 0 bridgehead atoms. The Balaban J connectivity index is 2.61. The van der Waals surface area contributed by atoms with Gasteiger partial charge in [-0.25, -0.2) is 0 Å². The van der Waals surface area contributed by atoms with Gasteiger partial charge in [0.05, 0.1) is 5.69 Å². The normalized spacial score (nSPS) is 10.6. The van der Waals surface area contributed by atoms with Gasteiger partial charge < -0.3 is 10.3 Å². The highest BCUT2D eigenvalue weighted by molar-refractivity contribution is 9.10. The van der Waals surface area contributed by atoms with E-state index < -0.39 is 0 Å². The summed E-state index contributed by atoms with van der Waals surface area (Å²) in [4.78, 5) is 12.2. The molecule has 0 unspecified atom stereocenters. The number of hydrogen-bond donors (Lipinski definition) is 1. The van der Waals surface area contributed by atoms with Crippen LogP contribution in [0.4, 0.5) is 0 Å². The molecule has 0 aliphatic rings. The van der Waals surface area contributed by atoms with Crippen LogP contribution in [0, 0.1) is 0 Å². The zero-order valence-electron chi connectivity index (χ0n) is 10.2. The van der Waals surface area contributed by atoms with Crippen LogP contribution in [0.1, 0.15) is 12.5 Å². The first-order chi connectivity index (χ1) is 8.67. The predicted molar refractivity (Wildman–Crippen MR) is 77.4 cm³/mol. The molecule has 0 spiro atoms. The molecule has 0 atom stereocenters. The van der Waals surface area contributed by atoms with E-state index in [0.717, 1.165) is 15.7 Å². The second-order valence-electron chi connectivity index (χ2n) is 4.00. The van der Waals surface area contributed by atoms with Gasteiger partial charge in [-0.1, -0.05) is 34.1 Å². The molecule has 0 saturated heterocycles. The number of hydrogen-bond acceptors (Lipinski definition) is 2. The fourth-order valence-corrected chi connectivity index (χ4v) is 2.23. The van der Waals surface area contributed by atoms with Crippen LogP contribution < -0.4 is 11.3 Å². The summed E-state index contributed by atoms with van der Waals surface area (Å²) in [5.74, 6) is 0. The van der Waals surface area contributed by atoms with Gasteiger partial charge in [-0.15, -0.1) is 0 Å². The monoisotopic (exact) mass is 306 g/mol. The lowest BCUT2D eigenvalue weighted by molar-refractivity contribution is 0.723. The highest BCUT2D eigenvalue weighted by atomic mass is 79.9. The van der Waals surface area contributed by atoms with Gasteiger partial charge in [0, 0.05) is 23.1 Å². The molecule has 0 radical (unpaired) electrons. The minimum absolute atomic E-state index is 0.000388. The molecule has 1 aromatic heterocycles. The smallest absolute Gasteiger partial charge is 0.255 e. The van der Waals surface area contributed by atoms with E-state index >= 15 is 0 Å². The van der Waals surface area contributed by atoms with Crippen LogP contribution in [0.2, 0.25) is 0 Å². The molecule has 18 heavy (non-hydrogen) atoms. The molecule has 0 aliphatic heterocycles. The molecule has 1 aromatic carbocycles. The lowest BCUT2D eigenvalue weighted by Crippen LogP contribution is -2.25. The predicted octanol–water partition coefficient (Wildman–Crippen LogP) is 2.76. The molecular formula is C14H15BrN2O. The maximum atomic E-state index is 12.2. The fraction of sp³-hybridized carbons (Fsp3) is 0.214. The Morgan fingerprint density at radius 2 is 1.83 bits per heavy atom. The summed E-state index contributed by atoms with van der Waals surface area (Å²) in [5.41, 5.74) is 8.17. The Labute approximate surface area is 114 Å². The quantitative estimate of drug-likeness (QED) is 0.948. The molecule has 4 heteroatoms. The van der Waals surface area contributed by atoms with Crippen LogP contribution in [0.3, 0.4) is 0 Å². The maximum absolute atomic E-state index is 12.2. The van der Waals surface area contributed by atoms with Crippen molar-refractivity contribution < 1.29 is 0 Å². The van der Waals surface area contributed by atoms with Crippen molar-refractivity contribution >= 4 is 15.9 Å². The van der Waals surface area contributed by atoms with Crippen molar-refractivity contribution in [3.8, 4) is 11.3 Å². The molecule has 0 fully saturated rings. The van der Waals surface area contributed by atoms with Crippen LogP contribution >= 0.6 is 15.9 Å². The Hall–Kier alpha value is -1.39. The molecule has 0 saturated carbocycles. The van der Waals surface area contributed by atoms with E-state index in [1.165, 1.54) is 0 Å². The highest BCUT2D eigenvalue weighted by Gasteiger charge is 2.08. The Bertz CT molecular complexity index is 602. The summed E-state index contributed by atoms with van der Waals surface area (Å²) in [6.07, 6.45) is 0. The Kier molecular flexibility index (Phi) is 3.99. The summed E-state index contributed by atoms with van der Waals surface area (Å²) < 4.78 is 2.78. The van der Waals surface area contributed by atoms with Gasteiger partial charge in [0.1, 0.15) is 0 Å². The van der Waals surface area contributed by atoms with Gasteiger partial charge in [0.25, 0.3) is 5.56 Å². The van der Waals surface area contributed by atoms with E-state index in [2.05, 4.69) is 15.9 Å². The highest BCUT2D eigenvalue weighted by Crippen LogP contribution is 2.21. The first-order valence-corrected chi connectivity index (χ1v) is 6.65. The van der Waals surface area contributed by atoms with Crippen molar-refractivity contribution in [1.82, 2.24) is 4.57 Å². The molecule has 3 nitrogen and oxygen atoms in total. The van der Waals surface area contributed by atoms with E-state index in [9.17, 15) is 4.79 Å². The first kappa shape index (κ1) is 13.1. The molecule has 2 aromatic rings. The van der Waals surface area contributed by atoms with Gasteiger partial charge in [-0.05, 0) is 30.7 Å². The molecule has 2 N–H and O–H groups in total. The largest absolute Gasteiger partial charge is 0.326 e. The zero-order valence-corrected chi connectivity index (χ0v) is 11.8. The van der Waals surface area contributed by atoms with Crippen molar-refractivity contribution in [2.45, 2.75) is 20.0 Å². The number of benzene rings is 1. The van der Waals surface area contributed by atoms with Gasteiger partial charge in [0.15, 0.2) is 0 Å². The molecule has 0 amide bonds. The maximum Gasteiger partial charge on any atom is 0.255 e. The standard InChI is InChI=1S/C14H15BrN2O/c1-2-17-13(8-5-11(9-16)14(17)18)10-3-6-12(15)7-4-10/h3-8H,2,9,16H2,1H3. The summed E-state index contributed by atoms with van der Waals surface area (Å²) in [7, 11) is 0. The topological polar surface area (TPSA) is 48.0 Å². The van der Waals surface area contributed by atoms with Crippen LogP contribution in [0.25, 0.3) is 11.3 Å². The van der Waals surface area contributed by atoms with Gasteiger partial charge in [0.2, 0.25) is 0 Å². The van der Waals surface area contributed by atoms with Crippen LogP contribution in [-0.4, -0.2) is 4.57 Å². The average Bonchev–Trinajstić information content (AvgIpc) is 2.39. The third-order valence-corrected chi connectivity index (χ3v) is 3.46. The Morgan fingerprint density at radius 1 is 1.17 bits per heavy atom. The van der Waals surface area contributed by atoms with Crippen molar-refractivity contribution in [2.75, 3.05) is 0 Å². The summed E-state index contributed by atoms with van der Waals surface area (Å²) in [6.45, 7) is 2.88. The van der Waals surface area contributed by atoms with Crippen LogP contribution in [0.15, 0.2) is 45.7 Å². The zero-order chi connectivity index (χ0) is 13.1. The van der Waals surface area contributed by atoms with Crippen molar-refractivity contribution in [3.63, 3.8) is 0 Å². The molecule has 1 heterocycles. The molecule has 0 aliphatic carbocycles. The van der Waals surface area contributed by atoms with Crippen LogP contribution in [-0.2, 0) is 13.1 Å². The Morgan fingerprint density at radius 3 is 2.39 bits per heavy atom. The van der Waals surface area contributed by atoms with Crippen molar-refractivity contribution in [2.24, 2.45) is 5.73 Å².